The van der Waals surface area contributed by atoms with E-state index in [2.05, 4.69) is 83.0 Å². The van der Waals surface area contributed by atoms with Crippen molar-refractivity contribution in [1.82, 2.24) is 0 Å². The van der Waals surface area contributed by atoms with Crippen LogP contribution in [0.15, 0.2) is 109 Å². The number of terminal acetylenes is 1. The number of hydrogen-bond donors (Lipinski definition) is 2. The minimum Gasteiger partial charge on any atom is -0.507 e. The summed E-state index contributed by atoms with van der Waals surface area (Å²) >= 11 is 0. The number of hydrogen-bond acceptors (Lipinski definition) is 5. The standard InChI is InChI=1S/C35H38O3.C17H16O2/c1-21-14-27-26(16-25(21)23-13-12-22(37-6)15-31(23)38-7)30(36)17-29-32(27)24-10-8-9-11-28(24)35(29)19-33(2,3)18-34(4,5)20-35;1-4-17(18,14-7-5-13(2)6-8-14)15-9-11-16(19-3)12-10-15/h8-17,36H,18-20H2,1-7H3;1,5-12,18H,2-3H3. The van der Waals surface area contributed by atoms with E-state index >= 15 is 0 Å². The van der Waals surface area contributed by atoms with Gasteiger partial charge in [0.1, 0.15) is 23.0 Å². The van der Waals surface area contributed by atoms with Crippen molar-refractivity contribution in [3.8, 4) is 57.6 Å². The van der Waals surface area contributed by atoms with Crippen LogP contribution in [-0.2, 0) is 11.0 Å². The van der Waals surface area contributed by atoms with Gasteiger partial charge in [0.2, 0.25) is 0 Å². The summed E-state index contributed by atoms with van der Waals surface area (Å²) in [5, 5.41) is 24.4. The average molecular weight is 759 g/mol. The third kappa shape index (κ3) is 7.02. The number of aliphatic hydroxyl groups is 1. The number of phenolic OH excluding ortho intramolecular Hbond substituents is 1. The van der Waals surface area contributed by atoms with Crippen LogP contribution >= 0.6 is 0 Å². The van der Waals surface area contributed by atoms with Gasteiger partial charge in [-0.1, -0.05) is 106 Å². The maximum absolute atomic E-state index is 11.6. The summed E-state index contributed by atoms with van der Waals surface area (Å²) in [7, 11) is 4.94. The first-order valence-electron chi connectivity index (χ1n) is 19.6. The van der Waals surface area contributed by atoms with E-state index in [4.69, 9.17) is 20.6 Å². The van der Waals surface area contributed by atoms with Crippen LogP contribution in [0.1, 0.15) is 80.3 Å². The molecular weight excluding hydrogens is 705 g/mol. The van der Waals surface area contributed by atoms with Crippen molar-refractivity contribution < 1.29 is 24.4 Å². The molecule has 0 radical (unpaired) electrons. The highest BCUT2D eigenvalue weighted by Crippen LogP contribution is 2.65. The molecule has 292 valence electrons. The smallest absolute Gasteiger partial charge is 0.176 e. The van der Waals surface area contributed by atoms with Crippen LogP contribution in [0.3, 0.4) is 0 Å². The Morgan fingerprint density at radius 2 is 1.21 bits per heavy atom. The van der Waals surface area contributed by atoms with E-state index in [-0.39, 0.29) is 16.2 Å². The fraction of sp³-hybridized carbons (Fsp3) is 0.308. The molecule has 1 atom stereocenters. The Morgan fingerprint density at radius 3 is 1.81 bits per heavy atom. The van der Waals surface area contributed by atoms with Crippen LogP contribution in [0.25, 0.3) is 33.0 Å². The van der Waals surface area contributed by atoms with Crippen molar-refractivity contribution in [2.24, 2.45) is 10.8 Å². The second-order valence-electron chi connectivity index (χ2n) is 17.5. The fourth-order valence-corrected chi connectivity index (χ4v) is 10.3. The van der Waals surface area contributed by atoms with Crippen LogP contribution in [0, 0.1) is 37.0 Å². The maximum Gasteiger partial charge on any atom is 0.176 e. The van der Waals surface area contributed by atoms with Crippen molar-refractivity contribution in [3.63, 3.8) is 0 Å². The summed E-state index contributed by atoms with van der Waals surface area (Å²) in [5.41, 5.74) is 9.84. The van der Waals surface area contributed by atoms with Gasteiger partial charge in [-0.2, -0.15) is 0 Å². The van der Waals surface area contributed by atoms with Gasteiger partial charge in [-0.15, -0.1) is 6.42 Å². The normalized spacial score (nSPS) is 16.6. The second-order valence-corrected chi connectivity index (χ2v) is 17.5. The Bertz CT molecular complexity index is 2490. The van der Waals surface area contributed by atoms with Crippen molar-refractivity contribution in [3.05, 3.63) is 143 Å². The lowest BCUT2D eigenvalue weighted by Gasteiger charge is -2.51. The Balaban J connectivity index is 0.000000220. The molecule has 2 aliphatic carbocycles. The van der Waals surface area contributed by atoms with Gasteiger partial charge in [0.05, 0.1) is 21.3 Å². The molecule has 2 aliphatic rings. The van der Waals surface area contributed by atoms with Gasteiger partial charge in [0.25, 0.3) is 0 Å². The Hall–Kier alpha value is -5.70. The molecule has 0 aliphatic heterocycles. The summed E-state index contributed by atoms with van der Waals surface area (Å²) < 4.78 is 16.3. The summed E-state index contributed by atoms with van der Waals surface area (Å²) in [5.74, 6) is 5.07. The number of aromatic hydroxyl groups is 1. The molecular formula is C52H54O5. The van der Waals surface area contributed by atoms with Crippen LogP contribution in [-0.4, -0.2) is 31.5 Å². The quantitative estimate of drug-likeness (QED) is 0.166. The first-order valence-corrected chi connectivity index (χ1v) is 19.6. The molecule has 1 saturated carbocycles. The van der Waals surface area contributed by atoms with Crippen molar-refractivity contribution >= 4 is 10.8 Å². The van der Waals surface area contributed by atoms with Gasteiger partial charge in [0, 0.05) is 33.6 Å². The monoisotopic (exact) mass is 758 g/mol. The Kier molecular flexibility index (Phi) is 10.2. The molecule has 1 fully saturated rings. The summed E-state index contributed by atoms with van der Waals surface area (Å²) in [6, 6.07) is 36.0. The van der Waals surface area contributed by atoms with Gasteiger partial charge in [-0.3, -0.25) is 0 Å². The molecule has 0 bridgehead atoms. The molecule has 5 nitrogen and oxygen atoms in total. The van der Waals surface area contributed by atoms with Crippen LogP contribution in [0.4, 0.5) is 0 Å². The fourth-order valence-electron chi connectivity index (χ4n) is 10.3. The third-order valence-corrected chi connectivity index (χ3v) is 12.1. The minimum absolute atomic E-state index is 0.103. The van der Waals surface area contributed by atoms with E-state index in [1.165, 1.54) is 28.7 Å². The Labute approximate surface area is 338 Å². The first kappa shape index (κ1) is 39.5. The number of methoxy groups -OCH3 is 3. The summed E-state index contributed by atoms with van der Waals surface area (Å²) in [6.45, 7) is 13.8. The highest BCUT2D eigenvalue weighted by atomic mass is 16.5. The molecule has 0 aromatic heterocycles. The number of rotatable bonds is 6. The molecule has 5 heteroatoms. The van der Waals surface area contributed by atoms with Crippen LogP contribution in [0.5, 0.6) is 23.0 Å². The zero-order chi connectivity index (χ0) is 40.9. The molecule has 57 heavy (non-hydrogen) atoms. The van der Waals surface area contributed by atoms with Crippen molar-refractivity contribution in [2.45, 2.75) is 71.8 Å². The van der Waals surface area contributed by atoms with Gasteiger partial charge < -0.3 is 24.4 Å². The largest absolute Gasteiger partial charge is 0.507 e. The molecule has 6 aromatic rings. The third-order valence-electron chi connectivity index (χ3n) is 12.1. The van der Waals surface area contributed by atoms with Crippen LogP contribution in [0.2, 0.25) is 0 Å². The maximum atomic E-state index is 11.6. The highest BCUT2D eigenvalue weighted by molar-refractivity contribution is 6.07. The number of phenols is 1. The van der Waals surface area contributed by atoms with Gasteiger partial charge in [0.15, 0.2) is 5.60 Å². The predicted octanol–water partition coefficient (Wildman–Crippen LogP) is 11.9. The van der Waals surface area contributed by atoms with Crippen LogP contribution < -0.4 is 14.2 Å². The minimum atomic E-state index is -1.42. The summed E-state index contributed by atoms with van der Waals surface area (Å²) in [4.78, 5) is 0. The molecule has 2 N–H and O–H groups in total. The zero-order valence-corrected chi connectivity index (χ0v) is 34.7. The SMILES string of the molecule is C#CC(O)(c1ccc(C)cc1)c1ccc(OC)cc1.COc1ccc(-c2cc3c(O)cc4c(c3cc2C)-c2ccccc2C42CC(C)(C)CC(C)(C)C2)c(OC)c1. The molecule has 1 unspecified atom stereocenters. The average Bonchev–Trinajstić information content (AvgIpc) is 3.43. The zero-order valence-electron chi connectivity index (χ0n) is 34.7. The van der Waals surface area contributed by atoms with E-state index < -0.39 is 5.60 Å². The van der Waals surface area contributed by atoms with Gasteiger partial charge in [-0.05, 0) is 119 Å². The number of benzene rings is 6. The highest BCUT2D eigenvalue weighted by Gasteiger charge is 2.53. The number of fused-ring (bicyclic) bond motifs is 7. The van der Waals surface area contributed by atoms with E-state index in [1.807, 2.05) is 49.4 Å². The first-order chi connectivity index (χ1) is 27.1. The molecule has 1 spiro atoms. The predicted molar refractivity (Wildman–Crippen MR) is 233 cm³/mol. The molecule has 0 saturated heterocycles. The number of ether oxygens (including phenoxy) is 3. The van der Waals surface area contributed by atoms with Crippen molar-refractivity contribution in [2.75, 3.05) is 21.3 Å². The van der Waals surface area contributed by atoms with Gasteiger partial charge >= 0.3 is 0 Å². The van der Waals surface area contributed by atoms with E-state index in [0.29, 0.717) is 16.9 Å². The molecule has 6 aromatic carbocycles. The lowest BCUT2D eigenvalue weighted by atomic mass is 9.52. The molecule has 0 amide bonds. The van der Waals surface area contributed by atoms with Gasteiger partial charge in [-0.25, -0.2) is 0 Å². The second kappa shape index (κ2) is 14.7. The molecule has 8 rings (SSSR count). The van der Waals surface area contributed by atoms with E-state index in [9.17, 15) is 10.2 Å². The topological polar surface area (TPSA) is 68.2 Å². The molecule has 0 heterocycles. The van der Waals surface area contributed by atoms with E-state index in [0.717, 1.165) is 63.1 Å². The summed E-state index contributed by atoms with van der Waals surface area (Å²) in [6.07, 6.45) is 8.91. The lowest BCUT2D eigenvalue weighted by Crippen LogP contribution is -2.43. The Morgan fingerprint density at radius 1 is 0.614 bits per heavy atom. The van der Waals surface area contributed by atoms with E-state index in [1.54, 1.807) is 45.6 Å². The van der Waals surface area contributed by atoms with Crippen molar-refractivity contribution in [1.29, 1.82) is 0 Å². The lowest BCUT2D eigenvalue weighted by molar-refractivity contribution is 0.0645. The number of aryl methyl sites for hydroxylation is 2.